The Labute approximate surface area is 329 Å². The topological polar surface area (TPSA) is 193 Å². The summed E-state index contributed by atoms with van der Waals surface area (Å²) >= 11 is 0. The molecular weight excluding hydrogens is 720 g/mol. The average molecular weight is 781 g/mol. The molecule has 0 aromatic heterocycles. The van der Waals surface area contributed by atoms with Crippen molar-refractivity contribution >= 4 is 41.4 Å². The van der Waals surface area contributed by atoms with Crippen molar-refractivity contribution < 1.29 is 43.0 Å². The predicted molar refractivity (Wildman–Crippen MR) is 206 cm³/mol. The highest BCUT2D eigenvalue weighted by atomic mass is 16.6. The minimum atomic E-state index is -1.20. The Morgan fingerprint density at radius 2 is 1.59 bits per heavy atom. The van der Waals surface area contributed by atoms with Gasteiger partial charge in [0, 0.05) is 26.6 Å². The van der Waals surface area contributed by atoms with Crippen molar-refractivity contribution in [3.63, 3.8) is 0 Å². The molecule has 56 heavy (non-hydrogen) atoms. The number of benzene rings is 1. The second kappa shape index (κ2) is 17.7. The summed E-state index contributed by atoms with van der Waals surface area (Å²) in [6, 6.07) is 4.51. The van der Waals surface area contributed by atoms with Gasteiger partial charge in [-0.3, -0.25) is 28.8 Å². The molecule has 2 aliphatic heterocycles. The van der Waals surface area contributed by atoms with Crippen LogP contribution >= 0.6 is 0 Å². The smallest absolute Gasteiger partial charge is 0.408 e. The molecule has 2 heterocycles. The number of ketones is 1. The van der Waals surface area contributed by atoms with Crippen LogP contribution in [0, 0.1) is 17.8 Å². The van der Waals surface area contributed by atoms with E-state index in [2.05, 4.69) is 21.3 Å². The van der Waals surface area contributed by atoms with Crippen molar-refractivity contribution in [1.29, 1.82) is 0 Å². The summed E-state index contributed by atoms with van der Waals surface area (Å²) in [6.07, 6.45) is 5.53. The molecule has 4 aliphatic rings. The summed E-state index contributed by atoms with van der Waals surface area (Å²) in [5.74, 6) is -4.42. The fourth-order valence-electron chi connectivity index (χ4n) is 8.28. The van der Waals surface area contributed by atoms with E-state index < -0.39 is 83.5 Å². The zero-order valence-electron chi connectivity index (χ0n) is 33.9. The zero-order valence-corrected chi connectivity index (χ0v) is 33.9. The number of hydrogen-bond donors (Lipinski definition) is 4. The number of alkyl carbamates (subject to hydrolysis) is 1. The number of carbonyl (C=O) groups excluding carboxylic acids is 7. The van der Waals surface area contributed by atoms with E-state index in [9.17, 15) is 33.6 Å². The van der Waals surface area contributed by atoms with Gasteiger partial charge in [0.15, 0.2) is 0 Å². The molecule has 0 bridgehead atoms. The van der Waals surface area contributed by atoms with Crippen molar-refractivity contribution in [3.8, 4) is 0 Å². The summed E-state index contributed by atoms with van der Waals surface area (Å²) in [5.41, 5.74) is -0.787. The van der Waals surface area contributed by atoms with E-state index in [-0.39, 0.29) is 36.6 Å². The highest BCUT2D eigenvalue weighted by Crippen LogP contribution is 2.44. The van der Waals surface area contributed by atoms with Crippen LogP contribution in [0.1, 0.15) is 104 Å². The molecule has 3 unspecified atom stereocenters. The van der Waals surface area contributed by atoms with E-state index in [0.717, 1.165) is 44.9 Å². The molecule has 2 saturated heterocycles. The Morgan fingerprint density at radius 1 is 0.929 bits per heavy atom. The van der Waals surface area contributed by atoms with Gasteiger partial charge in [0.2, 0.25) is 29.4 Å². The normalized spacial score (nSPS) is 23.5. The third kappa shape index (κ3) is 11.1. The van der Waals surface area contributed by atoms with Crippen LogP contribution in [0.5, 0.6) is 0 Å². The highest BCUT2D eigenvalue weighted by Gasteiger charge is 2.56. The standard InChI is InChI=1S/C41H60N6O9/c1-40(2,3)56-39(54)45-32(26-16-12-9-13-17-26)38(53)47-23-29-27(21-41(4,5)55-29)33(47)35(50)43-28(20-24-18-19-24)34(49)36(51)42-22-30(48)44-31(37(52)46(6)7)25-14-10-8-11-15-25/h8,10-11,14-15,24,26-29,31-33H,9,12-13,16-23H2,1-7H3,(H,42,51)(H,43,50)(H,44,48)(H,45,54)/t27?,28?,29?,31-,32-,33-/m0/s1. The Hall–Kier alpha value is -4.53. The van der Waals surface area contributed by atoms with Crippen molar-refractivity contribution in [2.24, 2.45) is 17.8 Å². The van der Waals surface area contributed by atoms with Gasteiger partial charge in [-0.1, -0.05) is 62.4 Å². The van der Waals surface area contributed by atoms with Crippen molar-refractivity contribution in [2.45, 2.75) is 134 Å². The van der Waals surface area contributed by atoms with Gasteiger partial charge in [0.05, 0.1) is 24.3 Å². The van der Waals surface area contributed by atoms with Crippen LogP contribution in [-0.2, 0) is 38.2 Å². The van der Waals surface area contributed by atoms with Crippen LogP contribution in [0.2, 0.25) is 0 Å². The van der Waals surface area contributed by atoms with Crippen LogP contribution in [-0.4, -0.2) is 114 Å². The van der Waals surface area contributed by atoms with Gasteiger partial charge in [-0.15, -0.1) is 0 Å². The second-order valence-electron chi connectivity index (χ2n) is 17.7. The first kappa shape index (κ1) is 42.6. The lowest BCUT2D eigenvalue weighted by Gasteiger charge is -2.36. The quantitative estimate of drug-likeness (QED) is 0.206. The summed E-state index contributed by atoms with van der Waals surface area (Å²) in [7, 11) is 3.13. The minimum absolute atomic E-state index is 0.126. The Kier molecular flexibility index (Phi) is 13.5. The fourth-order valence-corrected chi connectivity index (χ4v) is 8.28. The lowest BCUT2D eigenvalue weighted by Crippen LogP contribution is -2.59. The average Bonchev–Trinajstić information content (AvgIpc) is 3.82. The molecule has 0 radical (unpaired) electrons. The Morgan fingerprint density at radius 3 is 2.20 bits per heavy atom. The molecule has 15 heteroatoms. The summed E-state index contributed by atoms with van der Waals surface area (Å²) in [4.78, 5) is 97.8. The zero-order chi connectivity index (χ0) is 40.9. The molecule has 308 valence electrons. The third-order valence-electron chi connectivity index (χ3n) is 11.1. The van der Waals surface area contributed by atoms with Crippen LogP contribution in [0.25, 0.3) is 0 Å². The van der Waals surface area contributed by atoms with E-state index in [1.165, 1.54) is 9.80 Å². The number of amides is 6. The predicted octanol–water partition coefficient (Wildman–Crippen LogP) is 2.77. The largest absolute Gasteiger partial charge is 0.444 e. The first-order chi connectivity index (χ1) is 26.3. The summed E-state index contributed by atoms with van der Waals surface area (Å²) < 4.78 is 11.9. The molecule has 0 spiro atoms. The second-order valence-corrected chi connectivity index (χ2v) is 17.7. The Bertz CT molecular complexity index is 1630. The third-order valence-corrected chi connectivity index (χ3v) is 11.1. The number of carbonyl (C=O) groups is 7. The summed E-state index contributed by atoms with van der Waals surface area (Å²) in [5, 5.41) is 10.7. The van der Waals surface area contributed by atoms with Gasteiger partial charge in [-0.25, -0.2) is 4.79 Å². The molecule has 6 atom stereocenters. The molecule has 1 aromatic carbocycles. The maximum atomic E-state index is 14.6. The number of nitrogens with one attached hydrogen (secondary N) is 4. The monoisotopic (exact) mass is 780 g/mol. The van der Waals surface area contributed by atoms with E-state index in [1.807, 2.05) is 13.8 Å². The van der Waals surface area contributed by atoms with Crippen molar-refractivity contribution in [3.05, 3.63) is 35.9 Å². The SMILES string of the molecule is CN(C)C(=O)[C@@H](NC(=O)CNC(=O)C(=O)C(CC1CC1)NC(=O)[C@@H]1C2CC(C)(C)OC2CN1C(=O)[C@@H](NC(=O)OC(C)(C)C)C1CCCCC1)c1ccccc1. The molecule has 1 aromatic rings. The number of rotatable bonds is 14. The first-order valence-corrected chi connectivity index (χ1v) is 20.0. The number of ether oxygens (including phenoxy) is 2. The Balaban J connectivity index is 1.31. The number of Topliss-reactive ketones (excluding diaryl/α,β-unsaturated/α-hetero) is 1. The minimum Gasteiger partial charge on any atom is -0.444 e. The number of hydrogen-bond acceptors (Lipinski definition) is 9. The van der Waals surface area contributed by atoms with Crippen molar-refractivity contribution in [1.82, 2.24) is 31.1 Å². The fraction of sp³-hybridized carbons (Fsp3) is 0.683. The lowest BCUT2D eigenvalue weighted by atomic mass is 9.83. The van der Waals surface area contributed by atoms with E-state index in [1.54, 1.807) is 65.2 Å². The highest BCUT2D eigenvalue weighted by molar-refractivity contribution is 6.38. The first-order valence-electron chi connectivity index (χ1n) is 20.0. The molecule has 6 amide bonds. The van der Waals surface area contributed by atoms with Gasteiger partial charge < -0.3 is 40.5 Å². The van der Waals surface area contributed by atoms with Crippen LogP contribution in [0.15, 0.2) is 30.3 Å². The van der Waals surface area contributed by atoms with Gasteiger partial charge in [-0.05, 0) is 77.7 Å². The van der Waals surface area contributed by atoms with E-state index in [0.29, 0.717) is 12.0 Å². The van der Waals surface area contributed by atoms with Gasteiger partial charge >= 0.3 is 6.09 Å². The number of likely N-dealkylation sites (N-methyl/N-ethyl adjacent to an activating group) is 1. The molecule has 2 aliphatic carbocycles. The van der Waals surface area contributed by atoms with E-state index >= 15 is 0 Å². The summed E-state index contributed by atoms with van der Waals surface area (Å²) in [6.45, 7) is 8.65. The van der Waals surface area contributed by atoms with Gasteiger partial charge in [0.25, 0.3) is 5.91 Å². The maximum absolute atomic E-state index is 14.6. The molecule has 2 saturated carbocycles. The van der Waals surface area contributed by atoms with Crippen molar-refractivity contribution in [2.75, 3.05) is 27.2 Å². The molecule has 5 rings (SSSR count). The van der Waals surface area contributed by atoms with Gasteiger partial charge in [-0.2, -0.15) is 0 Å². The van der Waals surface area contributed by atoms with E-state index in [4.69, 9.17) is 9.47 Å². The molecule has 4 fully saturated rings. The number of fused-ring (bicyclic) bond motifs is 1. The van der Waals surface area contributed by atoms with Crippen LogP contribution < -0.4 is 21.3 Å². The number of likely N-dealkylation sites (tertiary alicyclic amines) is 1. The lowest BCUT2D eigenvalue weighted by molar-refractivity contribution is -0.145. The number of nitrogens with zero attached hydrogens (tertiary/aromatic N) is 2. The van der Waals surface area contributed by atoms with Crippen LogP contribution in [0.3, 0.4) is 0 Å². The molecule has 15 nitrogen and oxygen atoms in total. The van der Waals surface area contributed by atoms with Crippen LogP contribution in [0.4, 0.5) is 4.79 Å². The maximum Gasteiger partial charge on any atom is 0.408 e. The molecular formula is C41H60N6O9. The molecule has 4 N–H and O–H groups in total. The van der Waals surface area contributed by atoms with Gasteiger partial charge in [0.1, 0.15) is 23.7 Å².